The number of aryl methyl sites for hydroxylation is 1. The predicted octanol–water partition coefficient (Wildman–Crippen LogP) is 4.18. The van der Waals surface area contributed by atoms with Crippen LogP contribution in [0, 0.1) is 5.82 Å². The third-order valence-corrected chi connectivity index (χ3v) is 6.54. The molecule has 2 aliphatic rings. The van der Waals surface area contributed by atoms with Gasteiger partial charge in [0.25, 0.3) is 11.8 Å². The molecule has 0 aliphatic carbocycles. The monoisotopic (exact) mass is 508 g/mol. The summed E-state index contributed by atoms with van der Waals surface area (Å²) < 4.78 is 34.0. The van der Waals surface area contributed by atoms with E-state index in [-0.39, 0.29) is 29.2 Å². The maximum atomic E-state index is 15.0. The average Bonchev–Trinajstić information content (AvgIpc) is 3.56. The molecular formula is C27H29FN4O5. The molecule has 5 rings (SSSR count). The Kier molecular flexibility index (Phi) is 6.36. The van der Waals surface area contributed by atoms with Crippen molar-refractivity contribution in [3.8, 4) is 17.2 Å². The van der Waals surface area contributed by atoms with E-state index in [4.69, 9.17) is 14.2 Å². The van der Waals surface area contributed by atoms with Crippen LogP contribution >= 0.6 is 0 Å². The van der Waals surface area contributed by atoms with Crippen LogP contribution < -0.4 is 14.8 Å². The number of methoxy groups -OCH3 is 1. The number of likely N-dealkylation sites (tertiary alicyclic amines) is 1. The van der Waals surface area contributed by atoms with E-state index in [1.165, 1.54) is 12.1 Å². The zero-order chi connectivity index (χ0) is 26.3. The maximum Gasteiger partial charge on any atom is 0.257 e. The van der Waals surface area contributed by atoms with E-state index in [0.29, 0.717) is 42.4 Å². The Bertz CT molecular complexity index is 1370. The third kappa shape index (κ3) is 5.15. The topological polar surface area (TPSA) is 94.9 Å². The molecule has 3 heterocycles. The molecule has 0 spiro atoms. The van der Waals surface area contributed by atoms with Gasteiger partial charge in [0.1, 0.15) is 28.7 Å². The number of benzene rings is 2. The number of anilines is 1. The molecular weight excluding hydrogens is 479 g/mol. The van der Waals surface area contributed by atoms with Crippen LogP contribution in [0.4, 0.5) is 10.2 Å². The fourth-order valence-corrected chi connectivity index (χ4v) is 4.67. The number of ether oxygens (including phenoxy) is 3. The molecule has 10 heteroatoms. The van der Waals surface area contributed by atoms with Crippen LogP contribution in [0.3, 0.4) is 0 Å². The first-order valence-electron chi connectivity index (χ1n) is 12.1. The summed E-state index contributed by atoms with van der Waals surface area (Å²) >= 11 is 0. The molecule has 2 aliphatic heterocycles. The van der Waals surface area contributed by atoms with Crippen molar-refractivity contribution in [3.05, 3.63) is 65.1 Å². The van der Waals surface area contributed by atoms with Gasteiger partial charge in [0.2, 0.25) is 0 Å². The van der Waals surface area contributed by atoms with E-state index in [9.17, 15) is 9.59 Å². The second-order valence-electron chi connectivity index (χ2n) is 9.96. The van der Waals surface area contributed by atoms with Crippen LogP contribution in [0.15, 0.2) is 42.6 Å². The van der Waals surface area contributed by atoms with Gasteiger partial charge in [0, 0.05) is 63.1 Å². The van der Waals surface area contributed by atoms with E-state index in [1.54, 1.807) is 54.2 Å². The lowest BCUT2D eigenvalue weighted by Gasteiger charge is -2.17. The SMILES string of the molecule is CO[C@H]1CCN(C(=O)c2ccc(Oc3cc(C(=O)Nc4ccn(C)n4)cc4c3CC(C)(C)O4)cc2F)C1. The lowest BCUT2D eigenvalue weighted by atomic mass is 9.99. The van der Waals surface area contributed by atoms with Gasteiger partial charge in [0.15, 0.2) is 5.82 Å². The Morgan fingerprint density at radius 2 is 2.03 bits per heavy atom. The number of carbonyl (C=O) groups excluding carboxylic acids is 2. The summed E-state index contributed by atoms with van der Waals surface area (Å²) in [7, 11) is 3.36. The molecule has 0 bridgehead atoms. The molecule has 1 atom stereocenters. The number of rotatable bonds is 6. The number of aromatic nitrogens is 2. The average molecular weight is 509 g/mol. The molecule has 1 fully saturated rings. The van der Waals surface area contributed by atoms with Gasteiger partial charge >= 0.3 is 0 Å². The van der Waals surface area contributed by atoms with Crippen molar-refractivity contribution in [3.63, 3.8) is 0 Å². The van der Waals surface area contributed by atoms with Crippen LogP contribution in [-0.2, 0) is 18.2 Å². The van der Waals surface area contributed by atoms with Crippen LogP contribution in [-0.4, -0.2) is 58.4 Å². The van der Waals surface area contributed by atoms with Gasteiger partial charge in [-0.15, -0.1) is 0 Å². The van der Waals surface area contributed by atoms with E-state index >= 15 is 4.39 Å². The maximum absolute atomic E-state index is 15.0. The first-order valence-corrected chi connectivity index (χ1v) is 12.1. The largest absolute Gasteiger partial charge is 0.487 e. The molecule has 1 N–H and O–H groups in total. The third-order valence-electron chi connectivity index (χ3n) is 6.54. The molecule has 1 aromatic heterocycles. The second-order valence-corrected chi connectivity index (χ2v) is 9.96. The molecule has 0 unspecified atom stereocenters. The summed E-state index contributed by atoms with van der Waals surface area (Å²) in [5.74, 6) is 0.0893. The molecule has 194 valence electrons. The Hall–Kier alpha value is -3.92. The zero-order valence-electron chi connectivity index (χ0n) is 21.2. The Labute approximate surface area is 214 Å². The highest BCUT2D eigenvalue weighted by atomic mass is 19.1. The Morgan fingerprint density at radius 3 is 2.70 bits per heavy atom. The van der Waals surface area contributed by atoms with Crippen LogP contribution in [0.2, 0.25) is 0 Å². The van der Waals surface area contributed by atoms with Crippen LogP contribution in [0.5, 0.6) is 17.2 Å². The normalized spacial score (nSPS) is 17.9. The Morgan fingerprint density at radius 1 is 1.22 bits per heavy atom. The van der Waals surface area contributed by atoms with Gasteiger partial charge in [-0.3, -0.25) is 14.3 Å². The first kappa shape index (κ1) is 24.8. The fourth-order valence-electron chi connectivity index (χ4n) is 4.67. The van der Waals surface area contributed by atoms with Crippen molar-refractivity contribution >= 4 is 17.6 Å². The summed E-state index contributed by atoms with van der Waals surface area (Å²) in [5, 5.41) is 6.93. The van der Waals surface area contributed by atoms with Gasteiger partial charge in [-0.2, -0.15) is 5.10 Å². The minimum Gasteiger partial charge on any atom is -0.487 e. The summed E-state index contributed by atoms with van der Waals surface area (Å²) in [4.78, 5) is 27.4. The van der Waals surface area contributed by atoms with Gasteiger partial charge in [-0.1, -0.05) is 0 Å². The highest BCUT2D eigenvalue weighted by molar-refractivity contribution is 6.04. The van der Waals surface area contributed by atoms with Crippen molar-refractivity contribution in [2.75, 3.05) is 25.5 Å². The number of nitrogens with zero attached hydrogens (tertiary/aromatic N) is 3. The quantitative estimate of drug-likeness (QED) is 0.537. The van der Waals surface area contributed by atoms with Crippen molar-refractivity contribution in [2.24, 2.45) is 7.05 Å². The van der Waals surface area contributed by atoms with E-state index < -0.39 is 11.4 Å². The molecule has 0 radical (unpaired) electrons. The van der Waals surface area contributed by atoms with Crippen LogP contribution in [0.25, 0.3) is 0 Å². The van der Waals surface area contributed by atoms with E-state index in [0.717, 1.165) is 12.0 Å². The van der Waals surface area contributed by atoms with Gasteiger partial charge in [-0.25, -0.2) is 4.39 Å². The number of amides is 2. The van der Waals surface area contributed by atoms with Crippen molar-refractivity contribution < 1.29 is 28.2 Å². The van der Waals surface area contributed by atoms with Gasteiger partial charge < -0.3 is 24.4 Å². The van der Waals surface area contributed by atoms with Crippen molar-refractivity contribution in [1.29, 1.82) is 0 Å². The lowest BCUT2D eigenvalue weighted by Crippen LogP contribution is -2.30. The van der Waals surface area contributed by atoms with Gasteiger partial charge in [0.05, 0.1) is 11.7 Å². The second kappa shape index (κ2) is 9.51. The van der Waals surface area contributed by atoms with Gasteiger partial charge in [-0.05, 0) is 44.5 Å². The molecule has 0 saturated carbocycles. The summed E-state index contributed by atoms with van der Waals surface area (Å²) in [5.41, 5.74) is 0.574. The summed E-state index contributed by atoms with van der Waals surface area (Å²) in [6.45, 7) is 4.83. The van der Waals surface area contributed by atoms with E-state index in [2.05, 4.69) is 10.4 Å². The molecule has 2 aromatic carbocycles. The molecule has 2 amide bonds. The van der Waals surface area contributed by atoms with E-state index in [1.807, 2.05) is 13.8 Å². The molecule has 9 nitrogen and oxygen atoms in total. The number of halogens is 1. The lowest BCUT2D eigenvalue weighted by molar-refractivity contribution is 0.0720. The zero-order valence-corrected chi connectivity index (χ0v) is 21.2. The highest BCUT2D eigenvalue weighted by Crippen LogP contribution is 2.43. The number of fused-ring (bicyclic) bond motifs is 1. The van der Waals surface area contributed by atoms with Crippen molar-refractivity contribution in [2.45, 2.75) is 38.4 Å². The molecule has 37 heavy (non-hydrogen) atoms. The summed E-state index contributed by atoms with van der Waals surface area (Å²) in [6, 6.07) is 9.12. The molecule has 1 saturated heterocycles. The highest BCUT2D eigenvalue weighted by Gasteiger charge is 2.34. The number of hydrogen-bond acceptors (Lipinski definition) is 6. The first-order chi connectivity index (χ1) is 17.6. The standard InChI is InChI=1S/C27H29FN4O5/c1-27(2)14-20-22(11-16(12-23(20)37-27)25(33)29-24-8-9-31(3)30-24)36-17-5-6-19(21(28)13-17)26(34)32-10-7-18(15-32)35-4/h5-6,8-9,11-13,18H,7,10,14-15H2,1-4H3,(H,29,30,33)/t18-/m0/s1. The smallest absolute Gasteiger partial charge is 0.257 e. The van der Waals surface area contributed by atoms with Crippen LogP contribution in [0.1, 0.15) is 46.5 Å². The van der Waals surface area contributed by atoms with Crippen molar-refractivity contribution in [1.82, 2.24) is 14.7 Å². The minimum atomic E-state index is -0.680. The Balaban J connectivity index is 1.40. The number of carbonyl (C=O) groups is 2. The molecule has 3 aromatic rings. The fraction of sp³-hybridized carbons (Fsp3) is 0.370. The number of hydrogen-bond donors (Lipinski definition) is 1. The predicted molar refractivity (Wildman–Crippen MR) is 134 cm³/mol. The summed E-state index contributed by atoms with van der Waals surface area (Å²) in [6.07, 6.45) is 2.96. The number of nitrogens with one attached hydrogen (secondary N) is 1. The minimum absolute atomic E-state index is 0.0257.